The molecule has 1 heterocycles. The minimum Gasteiger partial charge on any atom is -0.380 e. The average molecular weight is 380 g/mol. The van der Waals surface area contributed by atoms with Crippen molar-refractivity contribution < 1.29 is 12.8 Å². The van der Waals surface area contributed by atoms with Crippen LogP contribution in [0.25, 0.3) is 0 Å². The average Bonchev–Trinajstić information content (AvgIpc) is 2.54. The zero-order chi connectivity index (χ0) is 19.5. The fourth-order valence-electron chi connectivity index (χ4n) is 2.33. The van der Waals surface area contributed by atoms with Gasteiger partial charge in [-0.3, -0.25) is 0 Å². The van der Waals surface area contributed by atoms with Crippen LogP contribution in [0.4, 0.5) is 10.1 Å². The summed E-state index contributed by atoms with van der Waals surface area (Å²) in [5, 5.41) is 3.18. The van der Waals surface area contributed by atoms with Crippen molar-refractivity contribution in [2.24, 2.45) is 0 Å². The van der Waals surface area contributed by atoms with E-state index in [1.807, 2.05) is 25.1 Å². The molecule has 0 bridgehead atoms. The maximum atomic E-state index is 14.1. The standard InChI is InChI=1S/C19H26FN3O2S/c1-19(2,3)26(24,25)18-9-8-16(12-22-18)21-11-14-6-7-15(13-23(4)5)17(20)10-14/h6-10,12,21H,11,13H2,1-5H3. The van der Waals surface area contributed by atoms with Gasteiger partial charge in [0.05, 0.1) is 16.6 Å². The van der Waals surface area contributed by atoms with Crippen LogP contribution in [0, 0.1) is 5.82 Å². The summed E-state index contributed by atoms with van der Waals surface area (Å²) in [5.41, 5.74) is 2.13. The van der Waals surface area contributed by atoms with Crippen LogP contribution in [0.5, 0.6) is 0 Å². The third kappa shape index (κ3) is 4.80. The van der Waals surface area contributed by atoms with Gasteiger partial charge in [-0.15, -0.1) is 0 Å². The van der Waals surface area contributed by atoms with Crippen LogP contribution >= 0.6 is 0 Å². The molecule has 1 N–H and O–H groups in total. The molecule has 0 aliphatic heterocycles. The number of aromatic nitrogens is 1. The van der Waals surface area contributed by atoms with Gasteiger partial charge in [-0.05, 0) is 58.6 Å². The van der Waals surface area contributed by atoms with E-state index in [9.17, 15) is 12.8 Å². The molecule has 0 radical (unpaired) electrons. The van der Waals surface area contributed by atoms with E-state index in [1.165, 1.54) is 18.3 Å². The summed E-state index contributed by atoms with van der Waals surface area (Å²) in [5.74, 6) is -0.234. The van der Waals surface area contributed by atoms with Gasteiger partial charge in [0.15, 0.2) is 14.9 Å². The second-order valence-corrected chi connectivity index (χ2v) is 10.2. The summed E-state index contributed by atoms with van der Waals surface area (Å²) in [6.45, 7) is 5.90. The normalized spacial score (nSPS) is 12.4. The van der Waals surface area contributed by atoms with Crippen molar-refractivity contribution in [3.8, 4) is 0 Å². The number of nitrogens with one attached hydrogen (secondary N) is 1. The number of anilines is 1. The molecule has 0 unspecified atom stereocenters. The van der Waals surface area contributed by atoms with Crippen LogP contribution in [0.1, 0.15) is 31.9 Å². The predicted octanol–water partition coefficient (Wildman–Crippen LogP) is 3.47. The maximum absolute atomic E-state index is 14.1. The molecule has 5 nitrogen and oxygen atoms in total. The monoisotopic (exact) mass is 379 g/mol. The SMILES string of the molecule is CN(C)Cc1ccc(CNc2ccc(S(=O)(=O)C(C)(C)C)nc2)cc1F. The Hall–Kier alpha value is -1.99. The summed E-state index contributed by atoms with van der Waals surface area (Å²) >= 11 is 0. The number of halogens is 1. The molecule has 0 saturated heterocycles. The lowest BCUT2D eigenvalue weighted by molar-refractivity contribution is 0.392. The number of hydrogen-bond donors (Lipinski definition) is 1. The van der Waals surface area contributed by atoms with E-state index in [0.29, 0.717) is 24.3 Å². The summed E-state index contributed by atoms with van der Waals surface area (Å²) in [6.07, 6.45) is 1.48. The Kier molecular flexibility index (Phi) is 6.03. The molecular weight excluding hydrogens is 353 g/mol. The van der Waals surface area contributed by atoms with Crippen molar-refractivity contribution >= 4 is 15.5 Å². The number of benzene rings is 1. The van der Waals surface area contributed by atoms with Crippen molar-refractivity contribution in [3.05, 3.63) is 53.5 Å². The quantitative estimate of drug-likeness (QED) is 0.833. The van der Waals surface area contributed by atoms with Crippen molar-refractivity contribution in [1.82, 2.24) is 9.88 Å². The minimum atomic E-state index is -3.47. The highest BCUT2D eigenvalue weighted by Crippen LogP contribution is 2.24. The third-order valence-corrected chi connectivity index (χ3v) is 6.32. The lowest BCUT2D eigenvalue weighted by Crippen LogP contribution is -2.28. The molecule has 0 amide bonds. The number of pyridine rings is 1. The molecule has 0 aliphatic carbocycles. The van der Waals surface area contributed by atoms with Crippen molar-refractivity contribution in [1.29, 1.82) is 0 Å². The van der Waals surface area contributed by atoms with E-state index in [-0.39, 0.29) is 10.8 Å². The second kappa shape index (κ2) is 7.72. The van der Waals surface area contributed by atoms with Crippen LogP contribution in [0.2, 0.25) is 0 Å². The Morgan fingerprint density at radius 3 is 2.35 bits per heavy atom. The van der Waals surface area contributed by atoms with E-state index in [1.54, 1.807) is 32.9 Å². The van der Waals surface area contributed by atoms with Gasteiger partial charge in [0, 0.05) is 18.7 Å². The molecule has 0 spiro atoms. The summed E-state index contributed by atoms with van der Waals surface area (Å²) < 4.78 is 37.9. The highest BCUT2D eigenvalue weighted by Gasteiger charge is 2.31. The smallest absolute Gasteiger partial charge is 0.200 e. The lowest BCUT2D eigenvalue weighted by Gasteiger charge is -2.18. The first kappa shape index (κ1) is 20.3. The van der Waals surface area contributed by atoms with E-state index in [2.05, 4.69) is 10.3 Å². The maximum Gasteiger partial charge on any atom is 0.200 e. The first-order valence-electron chi connectivity index (χ1n) is 8.37. The van der Waals surface area contributed by atoms with E-state index < -0.39 is 14.6 Å². The molecule has 0 fully saturated rings. The Morgan fingerprint density at radius 2 is 1.85 bits per heavy atom. The minimum absolute atomic E-state index is 0.0506. The predicted molar refractivity (Wildman–Crippen MR) is 102 cm³/mol. The van der Waals surface area contributed by atoms with Gasteiger partial charge in [-0.25, -0.2) is 17.8 Å². The fraction of sp³-hybridized carbons (Fsp3) is 0.421. The first-order valence-corrected chi connectivity index (χ1v) is 9.85. The Bertz CT molecular complexity index is 857. The zero-order valence-corrected chi connectivity index (χ0v) is 16.7. The van der Waals surface area contributed by atoms with Crippen LogP contribution < -0.4 is 5.32 Å². The van der Waals surface area contributed by atoms with Gasteiger partial charge in [0.1, 0.15) is 5.82 Å². The number of rotatable bonds is 6. The topological polar surface area (TPSA) is 62.3 Å². The molecule has 2 aromatic rings. The molecule has 7 heteroatoms. The highest BCUT2D eigenvalue weighted by atomic mass is 32.2. The van der Waals surface area contributed by atoms with Crippen LogP contribution in [-0.2, 0) is 22.9 Å². The Balaban J connectivity index is 2.06. The van der Waals surface area contributed by atoms with Gasteiger partial charge in [-0.1, -0.05) is 12.1 Å². The zero-order valence-electron chi connectivity index (χ0n) is 15.9. The van der Waals surface area contributed by atoms with Gasteiger partial charge in [0.25, 0.3) is 0 Å². The van der Waals surface area contributed by atoms with Gasteiger partial charge < -0.3 is 10.2 Å². The van der Waals surface area contributed by atoms with E-state index in [4.69, 9.17) is 0 Å². The molecular formula is C19H26FN3O2S. The molecule has 26 heavy (non-hydrogen) atoms. The molecule has 2 rings (SSSR count). The molecule has 1 aromatic carbocycles. The second-order valence-electron chi connectivity index (χ2n) is 7.52. The Morgan fingerprint density at radius 1 is 1.15 bits per heavy atom. The number of sulfone groups is 1. The first-order chi connectivity index (χ1) is 12.0. The third-order valence-electron chi connectivity index (χ3n) is 3.92. The van der Waals surface area contributed by atoms with Gasteiger partial charge in [0.2, 0.25) is 0 Å². The molecule has 1 aromatic heterocycles. The van der Waals surface area contributed by atoms with Crippen LogP contribution in [0.3, 0.4) is 0 Å². The molecule has 142 valence electrons. The summed E-state index contributed by atoms with van der Waals surface area (Å²) in [6, 6.07) is 8.33. The fourth-order valence-corrected chi connectivity index (χ4v) is 3.40. The number of nitrogens with zero attached hydrogens (tertiary/aromatic N) is 2. The van der Waals surface area contributed by atoms with Crippen LogP contribution in [-0.4, -0.2) is 37.1 Å². The molecule has 0 atom stereocenters. The van der Waals surface area contributed by atoms with E-state index in [0.717, 1.165) is 5.56 Å². The van der Waals surface area contributed by atoms with Crippen molar-refractivity contribution in [2.75, 3.05) is 19.4 Å². The molecule has 0 aliphatic rings. The lowest BCUT2D eigenvalue weighted by atomic mass is 10.1. The van der Waals surface area contributed by atoms with Crippen molar-refractivity contribution in [3.63, 3.8) is 0 Å². The van der Waals surface area contributed by atoms with Gasteiger partial charge in [-0.2, -0.15) is 0 Å². The summed E-state index contributed by atoms with van der Waals surface area (Å²) in [4.78, 5) is 5.98. The largest absolute Gasteiger partial charge is 0.380 e. The number of hydrogen-bond acceptors (Lipinski definition) is 5. The van der Waals surface area contributed by atoms with Crippen LogP contribution in [0.15, 0.2) is 41.6 Å². The van der Waals surface area contributed by atoms with Crippen molar-refractivity contribution in [2.45, 2.75) is 43.6 Å². The molecule has 0 saturated carbocycles. The van der Waals surface area contributed by atoms with Gasteiger partial charge >= 0.3 is 0 Å². The summed E-state index contributed by atoms with van der Waals surface area (Å²) in [7, 11) is 0.315. The Labute approximate surface area is 155 Å². The van der Waals surface area contributed by atoms with E-state index >= 15 is 0 Å². The highest BCUT2D eigenvalue weighted by molar-refractivity contribution is 7.92.